The fraction of sp³-hybridized carbons (Fsp3) is 0.0714. The molecule has 0 saturated carbocycles. The number of hydrogen-bond acceptors (Lipinski definition) is 2. The van der Waals surface area contributed by atoms with E-state index in [1.165, 1.54) is 0 Å². The molecule has 0 radical (unpaired) electrons. The number of thioether (sulfide) groups is 1. The van der Waals surface area contributed by atoms with Gasteiger partial charge in [-0.15, -0.1) is 11.8 Å². The molecule has 0 aliphatic carbocycles. The van der Waals surface area contributed by atoms with E-state index in [4.69, 9.17) is 16.7 Å². The zero-order chi connectivity index (χ0) is 13.8. The highest BCUT2D eigenvalue weighted by Gasteiger charge is 2.04. The van der Waals surface area contributed by atoms with Gasteiger partial charge in [0.05, 0.1) is 5.56 Å². The van der Waals surface area contributed by atoms with E-state index in [0.29, 0.717) is 5.56 Å². The summed E-state index contributed by atoms with van der Waals surface area (Å²) in [6.45, 7) is 0. The van der Waals surface area contributed by atoms with Crippen LogP contribution in [-0.4, -0.2) is 11.1 Å². The van der Waals surface area contributed by atoms with Crippen LogP contribution in [0.4, 0.5) is 0 Å². The summed E-state index contributed by atoms with van der Waals surface area (Å²) < 4.78 is 0.956. The molecule has 2 rings (SSSR count). The molecule has 0 aromatic heterocycles. The van der Waals surface area contributed by atoms with Gasteiger partial charge in [0.1, 0.15) is 0 Å². The average Bonchev–Trinajstić information content (AvgIpc) is 2.38. The molecule has 19 heavy (non-hydrogen) atoms. The highest BCUT2D eigenvalue weighted by molar-refractivity contribution is 9.10. The molecule has 0 aliphatic rings. The van der Waals surface area contributed by atoms with Crippen molar-refractivity contribution in [2.45, 2.75) is 10.6 Å². The van der Waals surface area contributed by atoms with E-state index in [-0.39, 0.29) is 0 Å². The summed E-state index contributed by atoms with van der Waals surface area (Å²) in [7, 11) is 0. The minimum Gasteiger partial charge on any atom is -0.478 e. The Kier molecular flexibility index (Phi) is 4.91. The summed E-state index contributed by atoms with van der Waals surface area (Å²) in [5.74, 6) is -0.161. The van der Waals surface area contributed by atoms with Gasteiger partial charge in [-0.05, 0) is 42.0 Å². The maximum absolute atomic E-state index is 10.7. The van der Waals surface area contributed by atoms with Gasteiger partial charge in [-0.3, -0.25) is 0 Å². The maximum atomic E-state index is 10.7. The van der Waals surface area contributed by atoms with Crippen molar-refractivity contribution in [1.29, 1.82) is 0 Å². The van der Waals surface area contributed by atoms with Crippen LogP contribution in [0.25, 0.3) is 0 Å². The first-order valence-corrected chi connectivity index (χ1v) is 7.62. The van der Waals surface area contributed by atoms with Gasteiger partial charge in [0.2, 0.25) is 0 Å². The summed E-state index contributed by atoms with van der Waals surface area (Å²) in [5.41, 5.74) is 1.35. The molecule has 1 N–H and O–H groups in total. The molecule has 0 amide bonds. The summed E-state index contributed by atoms with van der Waals surface area (Å²) in [5, 5.41) is 9.54. The van der Waals surface area contributed by atoms with Crippen molar-refractivity contribution >= 4 is 45.3 Å². The Balaban J connectivity index is 2.04. The maximum Gasteiger partial charge on any atom is 0.335 e. The second-order valence-electron chi connectivity index (χ2n) is 3.85. The van der Waals surface area contributed by atoms with Gasteiger partial charge >= 0.3 is 5.97 Å². The number of hydrogen-bond donors (Lipinski definition) is 1. The molecule has 0 heterocycles. The number of halogens is 2. The molecule has 0 unspecified atom stereocenters. The quantitative estimate of drug-likeness (QED) is 0.774. The molecular weight excluding hydrogens is 348 g/mol. The Morgan fingerprint density at radius 3 is 2.47 bits per heavy atom. The highest BCUT2D eigenvalue weighted by atomic mass is 79.9. The minimum atomic E-state index is -0.910. The zero-order valence-corrected chi connectivity index (χ0v) is 12.9. The Morgan fingerprint density at radius 1 is 1.21 bits per heavy atom. The van der Waals surface area contributed by atoms with Crippen molar-refractivity contribution in [2.24, 2.45) is 0 Å². The van der Waals surface area contributed by atoms with Crippen LogP contribution < -0.4 is 0 Å². The molecule has 2 nitrogen and oxygen atoms in total. The number of carboxylic acids is 1. The molecule has 0 bridgehead atoms. The van der Waals surface area contributed by atoms with Crippen LogP contribution in [0.15, 0.2) is 51.8 Å². The second kappa shape index (κ2) is 6.46. The van der Waals surface area contributed by atoms with E-state index in [0.717, 1.165) is 25.7 Å². The van der Waals surface area contributed by atoms with E-state index in [1.54, 1.807) is 36.0 Å². The lowest BCUT2D eigenvalue weighted by Crippen LogP contribution is -1.94. The fourth-order valence-electron chi connectivity index (χ4n) is 1.49. The number of rotatable bonds is 4. The smallest absolute Gasteiger partial charge is 0.335 e. The van der Waals surface area contributed by atoms with E-state index in [1.807, 2.05) is 18.2 Å². The Bertz CT molecular complexity index is 599. The van der Waals surface area contributed by atoms with Crippen molar-refractivity contribution in [3.8, 4) is 0 Å². The van der Waals surface area contributed by atoms with Gasteiger partial charge in [0.15, 0.2) is 0 Å². The first-order chi connectivity index (χ1) is 9.06. The van der Waals surface area contributed by atoms with Gasteiger partial charge in [-0.25, -0.2) is 4.79 Å². The molecular formula is C14H10BrClO2S. The minimum absolute atomic E-state index is 0.297. The third-order valence-corrected chi connectivity index (χ3v) is 4.42. The number of aromatic carboxylic acids is 1. The van der Waals surface area contributed by atoms with Gasteiger partial charge in [0, 0.05) is 20.1 Å². The van der Waals surface area contributed by atoms with Crippen molar-refractivity contribution in [3.05, 3.63) is 63.1 Å². The van der Waals surface area contributed by atoms with Crippen LogP contribution in [0.2, 0.25) is 5.02 Å². The molecule has 2 aromatic rings. The van der Waals surface area contributed by atoms with Crippen LogP contribution >= 0.6 is 39.3 Å². The standard InChI is InChI=1S/C14H10BrClO2S/c15-11-4-1-10(13(16)7-11)8-19-12-5-2-9(3-6-12)14(17)18/h1-7H,8H2,(H,17,18). The summed E-state index contributed by atoms with van der Waals surface area (Å²) >= 11 is 11.1. The predicted molar refractivity (Wildman–Crippen MR) is 82.1 cm³/mol. The van der Waals surface area contributed by atoms with Gasteiger partial charge in [0.25, 0.3) is 0 Å². The third-order valence-electron chi connectivity index (χ3n) is 2.51. The van der Waals surface area contributed by atoms with Gasteiger partial charge < -0.3 is 5.11 Å². The normalized spacial score (nSPS) is 10.4. The van der Waals surface area contributed by atoms with Crippen molar-refractivity contribution in [3.63, 3.8) is 0 Å². The van der Waals surface area contributed by atoms with Crippen molar-refractivity contribution in [1.82, 2.24) is 0 Å². The number of carbonyl (C=O) groups is 1. The first-order valence-electron chi connectivity index (χ1n) is 5.46. The second-order valence-corrected chi connectivity index (χ2v) is 6.23. The van der Waals surface area contributed by atoms with Crippen LogP contribution in [0.1, 0.15) is 15.9 Å². The molecule has 0 saturated heterocycles. The number of benzene rings is 2. The van der Waals surface area contributed by atoms with Gasteiger partial charge in [-0.2, -0.15) is 0 Å². The van der Waals surface area contributed by atoms with Crippen molar-refractivity contribution < 1.29 is 9.90 Å². The molecule has 0 spiro atoms. The highest BCUT2D eigenvalue weighted by Crippen LogP contribution is 2.28. The molecule has 0 fully saturated rings. The molecule has 5 heteroatoms. The van der Waals surface area contributed by atoms with E-state index >= 15 is 0 Å². The first kappa shape index (κ1) is 14.4. The van der Waals surface area contributed by atoms with Crippen LogP contribution in [0.3, 0.4) is 0 Å². The average molecular weight is 358 g/mol. The molecule has 98 valence electrons. The van der Waals surface area contributed by atoms with E-state index in [9.17, 15) is 4.79 Å². The molecule has 2 aromatic carbocycles. The van der Waals surface area contributed by atoms with E-state index < -0.39 is 5.97 Å². The van der Waals surface area contributed by atoms with Gasteiger partial charge in [-0.1, -0.05) is 33.6 Å². The predicted octanol–water partition coefficient (Wildman–Crippen LogP) is 5.09. The zero-order valence-electron chi connectivity index (χ0n) is 9.77. The Labute approximate surface area is 128 Å². The lowest BCUT2D eigenvalue weighted by molar-refractivity contribution is 0.0697. The molecule has 0 aliphatic heterocycles. The third kappa shape index (κ3) is 4.00. The fourth-order valence-corrected chi connectivity index (χ4v) is 3.22. The number of carboxylic acid groups (broad SMARTS) is 1. The Hall–Kier alpha value is -0.970. The largest absolute Gasteiger partial charge is 0.478 e. The SMILES string of the molecule is O=C(O)c1ccc(SCc2ccc(Br)cc2Cl)cc1. The van der Waals surface area contributed by atoms with Crippen LogP contribution in [0, 0.1) is 0 Å². The summed E-state index contributed by atoms with van der Waals surface area (Å²) in [6.07, 6.45) is 0. The monoisotopic (exact) mass is 356 g/mol. The lowest BCUT2D eigenvalue weighted by atomic mass is 10.2. The van der Waals surface area contributed by atoms with E-state index in [2.05, 4.69) is 15.9 Å². The summed E-state index contributed by atoms with van der Waals surface area (Å²) in [6, 6.07) is 12.6. The lowest BCUT2D eigenvalue weighted by Gasteiger charge is -2.05. The van der Waals surface area contributed by atoms with Crippen LogP contribution in [-0.2, 0) is 5.75 Å². The summed E-state index contributed by atoms with van der Waals surface area (Å²) in [4.78, 5) is 11.8. The Morgan fingerprint density at radius 2 is 1.89 bits per heavy atom. The molecule has 0 atom stereocenters. The topological polar surface area (TPSA) is 37.3 Å². The van der Waals surface area contributed by atoms with Crippen LogP contribution in [0.5, 0.6) is 0 Å². The van der Waals surface area contributed by atoms with Crippen molar-refractivity contribution in [2.75, 3.05) is 0 Å².